The van der Waals surface area contributed by atoms with Gasteiger partial charge in [-0.2, -0.15) is 0 Å². The van der Waals surface area contributed by atoms with Crippen LogP contribution in [0.5, 0.6) is 17.2 Å². The van der Waals surface area contributed by atoms with Gasteiger partial charge in [-0.1, -0.05) is 13.2 Å². The number of rotatable bonds is 13. The fraction of sp³-hybridized carbons (Fsp3) is 0.208. The maximum absolute atomic E-state index is 12.3. The van der Waals surface area contributed by atoms with E-state index < -0.39 is 17.9 Å². The monoisotopic (exact) mass is 440 g/mol. The first kappa shape index (κ1) is 24.2. The standard InChI is InChI=1S/C24H24O8/c1-3-22(25)31-16-5-15-29-20-10-12-21(13-11-20)32-24(27)18-6-8-19(9-7-18)30-17-14-23(26)28-4-2/h3-4,6-13H,1-2,5,14-17H2. The van der Waals surface area contributed by atoms with Crippen LogP contribution in [0.25, 0.3) is 0 Å². The fourth-order valence-electron chi connectivity index (χ4n) is 2.34. The van der Waals surface area contributed by atoms with Gasteiger partial charge in [0.2, 0.25) is 0 Å². The number of hydrogen-bond donors (Lipinski definition) is 0. The zero-order valence-corrected chi connectivity index (χ0v) is 17.5. The fourth-order valence-corrected chi connectivity index (χ4v) is 2.34. The summed E-state index contributed by atoms with van der Waals surface area (Å²) < 4.78 is 25.7. The number of carbonyl (C=O) groups is 3. The summed E-state index contributed by atoms with van der Waals surface area (Å²) in [5, 5.41) is 0. The van der Waals surface area contributed by atoms with Crippen LogP contribution >= 0.6 is 0 Å². The van der Waals surface area contributed by atoms with E-state index in [1.807, 2.05) is 0 Å². The minimum absolute atomic E-state index is 0.0816. The molecule has 0 heterocycles. The lowest BCUT2D eigenvalue weighted by Gasteiger charge is -2.09. The third-order valence-corrected chi connectivity index (χ3v) is 3.88. The van der Waals surface area contributed by atoms with Crippen molar-refractivity contribution in [2.75, 3.05) is 19.8 Å². The summed E-state index contributed by atoms with van der Waals surface area (Å²) in [6.45, 7) is 7.37. The molecule has 0 aromatic heterocycles. The number of benzene rings is 2. The molecule has 0 atom stereocenters. The first-order valence-corrected chi connectivity index (χ1v) is 9.79. The van der Waals surface area contributed by atoms with Gasteiger partial charge in [-0.3, -0.25) is 4.79 Å². The van der Waals surface area contributed by atoms with Gasteiger partial charge >= 0.3 is 17.9 Å². The lowest BCUT2D eigenvalue weighted by Crippen LogP contribution is -2.09. The Kier molecular flexibility index (Phi) is 10.0. The first-order valence-electron chi connectivity index (χ1n) is 9.79. The Hall–Kier alpha value is -4.07. The van der Waals surface area contributed by atoms with Gasteiger partial charge in [-0.15, -0.1) is 0 Å². The largest absolute Gasteiger partial charge is 0.493 e. The molecule has 0 spiro atoms. The van der Waals surface area contributed by atoms with E-state index in [-0.39, 0.29) is 19.6 Å². The van der Waals surface area contributed by atoms with Crippen LogP contribution in [0, 0.1) is 0 Å². The third-order valence-electron chi connectivity index (χ3n) is 3.88. The van der Waals surface area contributed by atoms with Crippen molar-refractivity contribution in [2.45, 2.75) is 12.8 Å². The van der Waals surface area contributed by atoms with Gasteiger partial charge in [0, 0.05) is 12.5 Å². The van der Waals surface area contributed by atoms with Gasteiger partial charge in [0.1, 0.15) is 17.2 Å². The summed E-state index contributed by atoms with van der Waals surface area (Å²) in [6, 6.07) is 12.9. The second-order valence-corrected chi connectivity index (χ2v) is 6.21. The Morgan fingerprint density at radius 2 is 1.38 bits per heavy atom. The molecule has 0 unspecified atom stereocenters. The topological polar surface area (TPSA) is 97.4 Å². The van der Waals surface area contributed by atoms with Crippen molar-refractivity contribution in [1.29, 1.82) is 0 Å². The predicted octanol–water partition coefficient (Wildman–Crippen LogP) is 3.86. The predicted molar refractivity (Wildman–Crippen MR) is 116 cm³/mol. The van der Waals surface area contributed by atoms with Crippen LogP contribution in [0.1, 0.15) is 23.2 Å². The Bertz CT molecular complexity index is 916. The first-order chi connectivity index (χ1) is 15.5. The summed E-state index contributed by atoms with van der Waals surface area (Å²) in [4.78, 5) is 34.4. The van der Waals surface area contributed by atoms with Crippen LogP contribution in [-0.2, 0) is 19.1 Å². The zero-order chi connectivity index (χ0) is 23.2. The molecule has 2 rings (SSSR count). The number of hydrogen-bond acceptors (Lipinski definition) is 8. The third kappa shape index (κ3) is 8.74. The van der Waals surface area contributed by atoms with Crippen LogP contribution in [0.2, 0.25) is 0 Å². The summed E-state index contributed by atoms with van der Waals surface area (Å²) in [6.07, 6.45) is 2.79. The molecule has 32 heavy (non-hydrogen) atoms. The maximum Gasteiger partial charge on any atom is 0.343 e. The summed E-state index contributed by atoms with van der Waals surface area (Å²) in [5.74, 6) is 0.0361. The minimum Gasteiger partial charge on any atom is -0.493 e. The van der Waals surface area contributed by atoms with Crippen molar-refractivity contribution >= 4 is 17.9 Å². The molecule has 0 N–H and O–H groups in total. The maximum atomic E-state index is 12.3. The summed E-state index contributed by atoms with van der Waals surface area (Å²) >= 11 is 0. The quantitative estimate of drug-likeness (QED) is 0.152. The van der Waals surface area contributed by atoms with Gasteiger partial charge in [0.25, 0.3) is 0 Å². The molecule has 0 saturated heterocycles. The van der Waals surface area contributed by atoms with Crippen LogP contribution in [0.15, 0.2) is 74.0 Å². The van der Waals surface area contributed by atoms with Crippen molar-refractivity contribution < 1.29 is 38.1 Å². The number of esters is 3. The van der Waals surface area contributed by atoms with Crippen molar-refractivity contribution in [1.82, 2.24) is 0 Å². The van der Waals surface area contributed by atoms with E-state index in [9.17, 15) is 14.4 Å². The summed E-state index contributed by atoms with van der Waals surface area (Å²) in [7, 11) is 0. The van der Waals surface area contributed by atoms with Crippen molar-refractivity contribution in [3.05, 3.63) is 79.6 Å². The highest BCUT2D eigenvalue weighted by molar-refractivity contribution is 5.91. The van der Waals surface area contributed by atoms with Gasteiger partial charge in [-0.05, 0) is 48.5 Å². The average Bonchev–Trinajstić information content (AvgIpc) is 2.80. The van der Waals surface area contributed by atoms with Crippen LogP contribution in [-0.4, -0.2) is 37.7 Å². The van der Waals surface area contributed by atoms with Gasteiger partial charge < -0.3 is 23.7 Å². The highest BCUT2D eigenvalue weighted by atomic mass is 16.5. The van der Waals surface area contributed by atoms with E-state index >= 15 is 0 Å². The molecule has 0 fully saturated rings. The molecule has 2 aromatic rings. The van der Waals surface area contributed by atoms with Crippen LogP contribution in [0.4, 0.5) is 0 Å². The van der Waals surface area contributed by atoms with E-state index in [1.54, 1.807) is 48.5 Å². The van der Waals surface area contributed by atoms with E-state index in [0.29, 0.717) is 35.8 Å². The van der Waals surface area contributed by atoms with E-state index in [4.69, 9.17) is 18.9 Å². The van der Waals surface area contributed by atoms with Gasteiger partial charge in [0.15, 0.2) is 0 Å². The van der Waals surface area contributed by atoms with Crippen LogP contribution < -0.4 is 14.2 Å². The molecule has 168 valence electrons. The molecular formula is C24H24O8. The Morgan fingerprint density at radius 3 is 2.00 bits per heavy atom. The van der Waals surface area contributed by atoms with E-state index in [0.717, 1.165) is 12.3 Å². The molecule has 8 heteroatoms. The molecule has 0 aliphatic heterocycles. The molecule has 0 bridgehead atoms. The SMILES string of the molecule is C=COC(=O)CCOc1ccc(C(=O)Oc2ccc(OCCCOC(=O)C=C)cc2)cc1. The highest BCUT2D eigenvalue weighted by Crippen LogP contribution is 2.20. The average molecular weight is 440 g/mol. The van der Waals surface area contributed by atoms with Gasteiger partial charge in [0.05, 0.1) is 38.1 Å². The summed E-state index contributed by atoms with van der Waals surface area (Å²) in [5.41, 5.74) is 0.345. The highest BCUT2D eigenvalue weighted by Gasteiger charge is 2.09. The van der Waals surface area contributed by atoms with Crippen molar-refractivity contribution in [3.63, 3.8) is 0 Å². The second-order valence-electron chi connectivity index (χ2n) is 6.21. The minimum atomic E-state index is -0.524. The van der Waals surface area contributed by atoms with E-state index in [1.165, 1.54) is 0 Å². The molecule has 2 aromatic carbocycles. The lowest BCUT2D eigenvalue weighted by molar-refractivity contribution is -0.139. The Balaban J connectivity index is 1.74. The van der Waals surface area contributed by atoms with E-state index in [2.05, 4.69) is 17.9 Å². The molecular weight excluding hydrogens is 416 g/mol. The second kappa shape index (κ2) is 13.3. The molecule has 0 aliphatic carbocycles. The Labute approximate surface area is 186 Å². The van der Waals surface area contributed by atoms with Crippen molar-refractivity contribution in [2.24, 2.45) is 0 Å². The zero-order valence-electron chi connectivity index (χ0n) is 17.5. The molecule has 0 saturated carbocycles. The number of ether oxygens (including phenoxy) is 5. The molecule has 0 amide bonds. The molecule has 8 nitrogen and oxygen atoms in total. The van der Waals surface area contributed by atoms with Gasteiger partial charge in [-0.25, -0.2) is 9.59 Å². The number of carbonyl (C=O) groups excluding carboxylic acids is 3. The van der Waals surface area contributed by atoms with Crippen LogP contribution in [0.3, 0.4) is 0 Å². The Morgan fingerprint density at radius 1 is 0.781 bits per heavy atom. The normalized spacial score (nSPS) is 9.88. The van der Waals surface area contributed by atoms with Crippen molar-refractivity contribution in [3.8, 4) is 17.2 Å². The smallest absolute Gasteiger partial charge is 0.343 e. The lowest BCUT2D eigenvalue weighted by atomic mass is 10.2. The molecule has 0 aliphatic rings. The molecule has 0 radical (unpaired) electrons.